The number of terminal acetylenes is 1. The van der Waals surface area contributed by atoms with Crippen LogP contribution in [-0.2, 0) is 17.9 Å². The minimum atomic E-state index is 0.470. The number of rotatable bonds is 8. The quantitative estimate of drug-likeness (QED) is 0.500. The maximum Gasteiger partial charge on any atom is 0.152 e. The fourth-order valence-corrected chi connectivity index (χ4v) is 3.12. The van der Waals surface area contributed by atoms with Crippen LogP contribution in [0.25, 0.3) is 21.9 Å². The Morgan fingerprint density at radius 1 is 1.20 bits per heavy atom. The smallest absolute Gasteiger partial charge is 0.152 e. The van der Waals surface area contributed by atoms with Crippen LogP contribution in [0.1, 0.15) is 38.4 Å². The molecule has 2 N–H and O–H groups in total. The van der Waals surface area contributed by atoms with Crippen LogP contribution in [0, 0.1) is 12.3 Å². The number of fused-ring (bicyclic) bond motifs is 3. The van der Waals surface area contributed by atoms with Crippen LogP contribution in [0.5, 0.6) is 0 Å². The maximum atomic E-state index is 6.18. The molecular formula is C20H24N4O. The molecule has 0 aliphatic carbocycles. The van der Waals surface area contributed by atoms with Crippen molar-refractivity contribution >= 4 is 27.8 Å². The van der Waals surface area contributed by atoms with E-state index in [1.165, 1.54) is 0 Å². The number of ether oxygens (including phenoxy) is 1. The molecule has 0 atom stereocenters. The Kier molecular flexibility index (Phi) is 5.52. The van der Waals surface area contributed by atoms with Crippen LogP contribution in [0.15, 0.2) is 24.3 Å². The normalized spacial score (nSPS) is 11.2. The summed E-state index contributed by atoms with van der Waals surface area (Å²) in [6.45, 7) is 3.98. The van der Waals surface area contributed by atoms with E-state index in [1.807, 2.05) is 25.1 Å². The van der Waals surface area contributed by atoms with Crippen molar-refractivity contribution in [1.29, 1.82) is 0 Å². The molecule has 0 amide bonds. The third kappa shape index (κ3) is 3.59. The number of nitrogen functional groups attached to an aromatic ring is 1. The van der Waals surface area contributed by atoms with Gasteiger partial charge in [-0.2, -0.15) is 0 Å². The van der Waals surface area contributed by atoms with Crippen LogP contribution >= 0.6 is 0 Å². The molecule has 5 nitrogen and oxygen atoms in total. The zero-order valence-corrected chi connectivity index (χ0v) is 14.7. The minimum Gasteiger partial charge on any atom is -0.382 e. The van der Waals surface area contributed by atoms with Crippen LogP contribution in [-0.4, -0.2) is 21.1 Å². The van der Waals surface area contributed by atoms with E-state index in [1.54, 1.807) is 0 Å². The van der Waals surface area contributed by atoms with Gasteiger partial charge in [0.2, 0.25) is 0 Å². The fraction of sp³-hybridized carbons (Fsp3) is 0.400. The highest BCUT2D eigenvalue weighted by molar-refractivity contribution is 6.06. The van der Waals surface area contributed by atoms with E-state index in [9.17, 15) is 0 Å². The summed E-state index contributed by atoms with van der Waals surface area (Å²) in [5.41, 5.74) is 8.88. The van der Waals surface area contributed by atoms with Crippen molar-refractivity contribution in [3.63, 3.8) is 0 Å². The molecule has 3 aromatic rings. The minimum absolute atomic E-state index is 0.470. The van der Waals surface area contributed by atoms with Gasteiger partial charge in [-0.1, -0.05) is 24.6 Å². The lowest BCUT2D eigenvalue weighted by atomic mass is 10.1. The first kappa shape index (κ1) is 17.2. The number of pyridine rings is 1. The second-order valence-corrected chi connectivity index (χ2v) is 6.04. The van der Waals surface area contributed by atoms with Crippen LogP contribution in [0.4, 0.5) is 5.82 Å². The maximum absolute atomic E-state index is 6.18. The summed E-state index contributed by atoms with van der Waals surface area (Å²) in [7, 11) is 0. The lowest BCUT2D eigenvalue weighted by molar-refractivity contribution is 0.126. The van der Waals surface area contributed by atoms with Gasteiger partial charge in [-0.05, 0) is 25.8 Å². The van der Waals surface area contributed by atoms with Gasteiger partial charge in [-0.25, -0.2) is 9.97 Å². The van der Waals surface area contributed by atoms with Crippen molar-refractivity contribution in [2.24, 2.45) is 0 Å². The monoisotopic (exact) mass is 336 g/mol. The lowest BCUT2D eigenvalue weighted by Gasteiger charge is -2.11. The summed E-state index contributed by atoms with van der Waals surface area (Å²) in [6.07, 6.45) is 9.35. The average molecular weight is 336 g/mol. The molecule has 0 saturated carbocycles. The van der Waals surface area contributed by atoms with E-state index in [0.717, 1.165) is 60.0 Å². The number of aryl methyl sites for hydroxylation is 1. The van der Waals surface area contributed by atoms with Crippen LogP contribution < -0.4 is 5.73 Å². The number of aromatic nitrogens is 3. The molecule has 1 aromatic carbocycles. The molecule has 0 aliphatic heterocycles. The largest absolute Gasteiger partial charge is 0.382 e. The number of imidazole rings is 1. The molecule has 3 rings (SSSR count). The number of benzene rings is 1. The molecule has 0 unspecified atom stereocenters. The van der Waals surface area contributed by atoms with E-state index in [2.05, 4.69) is 21.5 Å². The van der Waals surface area contributed by atoms with E-state index < -0.39 is 0 Å². The Morgan fingerprint density at radius 3 is 2.84 bits per heavy atom. The number of nitrogens with zero attached hydrogens (tertiary/aromatic N) is 3. The molecule has 2 aromatic heterocycles. The summed E-state index contributed by atoms with van der Waals surface area (Å²) in [6, 6.07) is 8.05. The first-order chi connectivity index (χ1) is 12.3. The molecule has 0 radical (unpaired) electrons. The van der Waals surface area contributed by atoms with Crippen molar-refractivity contribution in [3.05, 3.63) is 30.1 Å². The van der Waals surface area contributed by atoms with Gasteiger partial charge in [0.05, 0.1) is 11.0 Å². The highest BCUT2D eigenvalue weighted by atomic mass is 16.5. The van der Waals surface area contributed by atoms with E-state index in [4.69, 9.17) is 21.9 Å². The summed E-state index contributed by atoms with van der Waals surface area (Å²) < 4.78 is 7.85. The van der Waals surface area contributed by atoms with Gasteiger partial charge >= 0.3 is 0 Å². The number of nitrogens with two attached hydrogens (primary N) is 1. The number of anilines is 1. The van der Waals surface area contributed by atoms with Gasteiger partial charge in [0.1, 0.15) is 17.9 Å². The Labute approximate surface area is 148 Å². The molecule has 2 heterocycles. The van der Waals surface area contributed by atoms with Gasteiger partial charge in [-0.3, -0.25) is 0 Å². The Morgan fingerprint density at radius 2 is 2.04 bits per heavy atom. The zero-order valence-electron chi connectivity index (χ0n) is 14.7. The molecule has 25 heavy (non-hydrogen) atoms. The molecule has 0 bridgehead atoms. The van der Waals surface area contributed by atoms with Crippen molar-refractivity contribution in [2.75, 3.05) is 12.3 Å². The zero-order chi connectivity index (χ0) is 17.6. The second kappa shape index (κ2) is 8.00. The van der Waals surface area contributed by atoms with E-state index in [-0.39, 0.29) is 0 Å². The predicted molar refractivity (Wildman–Crippen MR) is 102 cm³/mol. The first-order valence-corrected chi connectivity index (χ1v) is 8.80. The Bertz CT molecular complexity index is 907. The highest BCUT2D eigenvalue weighted by Crippen LogP contribution is 2.29. The van der Waals surface area contributed by atoms with Gasteiger partial charge in [0, 0.05) is 25.0 Å². The second-order valence-electron chi connectivity index (χ2n) is 6.04. The Balaban J connectivity index is 2.04. The third-order valence-corrected chi connectivity index (χ3v) is 4.33. The van der Waals surface area contributed by atoms with Crippen molar-refractivity contribution in [1.82, 2.24) is 14.5 Å². The summed E-state index contributed by atoms with van der Waals surface area (Å²) in [5.74, 6) is 4.07. The van der Waals surface area contributed by atoms with Crippen LogP contribution in [0.2, 0.25) is 0 Å². The molecule has 0 spiro atoms. The summed E-state index contributed by atoms with van der Waals surface area (Å²) in [5, 5.41) is 1.07. The van der Waals surface area contributed by atoms with E-state index in [0.29, 0.717) is 19.0 Å². The van der Waals surface area contributed by atoms with Gasteiger partial charge in [-0.15, -0.1) is 12.3 Å². The molecule has 0 fully saturated rings. The Hall–Kier alpha value is -2.58. The number of para-hydroxylation sites is 1. The number of hydrogen-bond donors (Lipinski definition) is 1. The van der Waals surface area contributed by atoms with E-state index >= 15 is 0 Å². The highest BCUT2D eigenvalue weighted by Gasteiger charge is 2.16. The standard InChI is InChI=1S/C20H24N4O/c1-3-5-6-7-10-13-24-17(14-25-4-2)23-18-19(24)15-11-8-9-12-16(15)22-20(18)21/h1,8-9,11-12H,4-7,10,13-14H2,2H3,(H2,21,22). The lowest BCUT2D eigenvalue weighted by Crippen LogP contribution is -2.06. The third-order valence-electron chi connectivity index (χ3n) is 4.33. The first-order valence-electron chi connectivity index (χ1n) is 8.80. The molecule has 0 aliphatic rings. The molecule has 5 heteroatoms. The molecule has 130 valence electrons. The summed E-state index contributed by atoms with van der Waals surface area (Å²) in [4.78, 5) is 9.23. The SMILES string of the molecule is C#CCCCCCn1c(COCC)nc2c(N)nc3ccccc3c21. The predicted octanol–water partition coefficient (Wildman–Crippen LogP) is 3.90. The van der Waals surface area contributed by atoms with Crippen molar-refractivity contribution in [2.45, 2.75) is 45.8 Å². The van der Waals surface area contributed by atoms with Gasteiger partial charge < -0.3 is 15.0 Å². The summed E-state index contributed by atoms with van der Waals surface area (Å²) >= 11 is 0. The number of unbranched alkanes of at least 4 members (excludes halogenated alkanes) is 3. The molecular weight excluding hydrogens is 312 g/mol. The average Bonchev–Trinajstić information content (AvgIpc) is 2.99. The topological polar surface area (TPSA) is 66.0 Å². The van der Waals surface area contributed by atoms with Crippen molar-refractivity contribution < 1.29 is 4.74 Å². The van der Waals surface area contributed by atoms with Gasteiger partial charge in [0.15, 0.2) is 5.82 Å². The number of hydrogen-bond acceptors (Lipinski definition) is 4. The fourth-order valence-electron chi connectivity index (χ4n) is 3.12. The van der Waals surface area contributed by atoms with Gasteiger partial charge in [0.25, 0.3) is 0 Å². The molecule has 0 saturated heterocycles. The van der Waals surface area contributed by atoms with Crippen molar-refractivity contribution in [3.8, 4) is 12.3 Å². The van der Waals surface area contributed by atoms with Crippen LogP contribution in [0.3, 0.4) is 0 Å².